The molecule has 11 heteroatoms. The van der Waals surface area contributed by atoms with Crippen LogP contribution >= 0.6 is 23.3 Å². The Morgan fingerprint density at radius 2 is 1.87 bits per heavy atom. The summed E-state index contributed by atoms with van der Waals surface area (Å²) in [7, 11) is 1.56. The van der Waals surface area contributed by atoms with Crippen LogP contribution in [-0.2, 0) is 11.9 Å². The van der Waals surface area contributed by atoms with Crippen LogP contribution in [0.5, 0.6) is 5.75 Å². The molecule has 0 aliphatic heterocycles. The Morgan fingerprint density at radius 1 is 1.07 bits per heavy atom. The van der Waals surface area contributed by atoms with Crippen LogP contribution in [0.4, 0.5) is 13.2 Å². The molecule has 30 heavy (non-hydrogen) atoms. The van der Waals surface area contributed by atoms with Gasteiger partial charge in [-0.3, -0.25) is 4.57 Å². The number of rotatable bonds is 6. The van der Waals surface area contributed by atoms with Crippen molar-refractivity contribution in [3.8, 4) is 22.8 Å². The van der Waals surface area contributed by atoms with Crippen LogP contribution in [0.15, 0.2) is 59.1 Å². The summed E-state index contributed by atoms with van der Waals surface area (Å²) in [6, 6.07) is 12.2. The van der Waals surface area contributed by atoms with Gasteiger partial charge in [-0.25, -0.2) is 0 Å². The van der Waals surface area contributed by atoms with Gasteiger partial charge in [0.25, 0.3) is 0 Å². The fourth-order valence-corrected chi connectivity index (χ4v) is 4.12. The molecule has 0 unspecified atom stereocenters. The molecule has 4 aromatic rings. The van der Waals surface area contributed by atoms with E-state index in [0.717, 1.165) is 17.8 Å². The first-order valence-corrected chi connectivity index (χ1v) is 10.4. The van der Waals surface area contributed by atoms with Gasteiger partial charge in [0.1, 0.15) is 5.75 Å². The van der Waals surface area contributed by atoms with E-state index in [1.807, 2.05) is 5.38 Å². The number of alkyl halides is 3. The molecule has 0 bridgehead atoms. The number of benzene rings is 2. The van der Waals surface area contributed by atoms with Gasteiger partial charge in [-0.15, -0.1) is 15.3 Å². The third-order valence-electron chi connectivity index (χ3n) is 4.17. The number of aromatic nitrogens is 5. The van der Waals surface area contributed by atoms with Gasteiger partial charge in [0, 0.05) is 16.7 Å². The predicted molar refractivity (Wildman–Crippen MR) is 108 cm³/mol. The minimum absolute atomic E-state index is 0.319. The molecule has 2 aromatic carbocycles. The zero-order valence-electron chi connectivity index (χ0n) is 15.5. The number of nitrogens with zero attached hydrogens (tertiary/aromatic N) is 5. The van der Waals surface area contributed by atoms with E-state index in [2.05, 4.69) is 19.8 Å². The summed E-state index contributed by atoms with van der Waals surface area (Å²) in [6.07, 6.45) is -4.45. The summed E-state index contributed by atoms with van der Waals surface area (Å²) in [5.74, 6) is 1.56. The summed E-state index contributed by atoms with van der Waals surface area (Å²) >= 11 is 2.56. The van der Waals surface area contributed by atoms with E-state index in [9.17, 15) is 13.2 Å². The second-order valence-electron chi connectivity index (χ2n) is 6.10. The van der Waals surface area contributed by atoms with E-state index >= 15 is 0 Å². The van der Waals surface area contributed by atoms with Crippen LogP contribution < -0.4 is 4.74 Å². The summed E-state index contributed by atoms with van der Waals surface area (Å²) in [6.45, 7) is 0. The number of hydrogen-bond donors (Lipinski definition) is 0. The van der Waals surface area contributed by atoms with E-state index in [-0.39, 0.29) is 0 Å². The number of ether oxygens (including phenoxy) is 1. The van der Waals surface area contributed by atoms with Crippen molar-refractivity contribution in [2.24, 2.45) is 0 Å². The number of hydrogen-bond acceptors (Lipinski definition) is 7. The first-order valence-electron chi connectivity index (χ1n) is 8.62. The summed E-state index contributed by atoms with van der Waals surface area (Å²) in [5.41, 5.74) is 1.03. The molecule has 2 aromatic heterocycles. The first kappa shape index (κ1) is 20.4. The lowest BCUT2D eigenvalue weighted by atomic mass is 10.1. The molecular formula is C19H14F3N5OS2. The standard InChI is InChI=1S/C19H14F3N5OS2/c1-28-16-7-5-12(6-8-16)17-24-25-18(29-10-14-11-30-26-23-14)27(17)15-4-2-3-13(9-15)19(20,21)22/h2-9,11H,10H2,1H3. The van der Waals surface area contributed by atoms with Gasteiger partial charge >= 0.3 is 6.18 Å². The maximum Gasteiger partial charge on any atom is 0.416 e. The lowest BCUT2D eigenvalue weighted by molar-refractivity contribution is -0.137. The SMILES string of the molecule is COc1ccc(-c2nnc(SCc3csnn3)n2-c2cccc(C(F)(F)F)c2)cc1. The normalized spacial score (nSPS) is 11.6. The molecule has 0 aliphatic carbocycles. The van der Waals surface area contributed by atoms with Crippen LogP contribution in [0.25, 0.3) is 17.1 Å². The Labute approximate surface area is 177 Å². The van der Waals surface area contributed by atoms with Gasteiger partial charge in [0.05, 0.1) is 24.1 Å². The predicted octanol–water partition coefficient (Wildman–Crippen LogP) is 5.11. The van der Waals surface area contributed by atoms with Crippen LogP contribution in [0, 0.1) is 0 Å². The van der Waals surface area contributed by atoms with Crippen LogP contribution in [-0.4, -0.2) is 31.5 Å². The molecule has 0 radical (unpaired) electrons. The number of thioether (sulfide) groups is 1. The second-order valence-corrected chi connectivity index (χ2v) is 7.66. The fraction of sp³-hybridized carbons (Fsp3) is 0.158. The summed E-state index contributed by atoms with van der Waals surface area (Å²) < 4.78 is 50.4. The molecule has 0 atom stereocenters. The summed E-state index contributed by atoms with van der Waals surface area (Å²) in [4.78, 5) is 0. The Balaban J connectivity index is 1.79. The average molecular weight is 449 g/mol. The van der Waals surface area contributed by atoms with Gasteiger partial charge in [-0.1, -0.05) is 22.3 Å². The van der Waals surface area contributed by atoms with Crippen molar-refractivity contribution in [2.45, 2.75) is 17.1 Å². The van der Waals surface area contributed by atoms with Crippen molar-refractivity contribution in [3.63, 3.8) is 0 Å². The highest BCUT2D eigenvalue weighted by atomic mass is 32.2. The van der Waals surface area contributed by atoms with Crippen molar-refractivity contribution in [1.82, 2.24) is 24.4 Å². The highest BCUT2D eigenvalue weighted by molar-refractivity contribution is 7.98. The molecule has 0 saturated heterocycles. The highest BCUT2D eigenvalue weighted by Crippen LogP contribution is 2.34. The molecule has 0 fully saturated rings. The van der Waals surface area contributed by atoms with Crippen LogP contribution in [0.3, 0.4) is 0 Å². The largest absolute Gasteiger partial charge is 0.497 e. The van der Waals surface area contributed by atoms with E-state index in [0.29, 0.717) is 33.7 Å². The maximum absolute atomic E-state index is 13.3. The van der Waals surface area contributed by atoms with Crippen molar-refractivity contribution in [1.29, 1.82) is 0 Å². The van der Waals surface area contributed by atoms with E-state index in [1.165, 1.54) is 29.4 Å². The van der Waals surface area contributed by atoms with Crippen molar-refractivity contribution in [2.75, 3.05) is 7.11 Å². The second kappa shape index (κ2) is 8.44. The third-order valence-corrected chi connectivity index (χ3v) is 5.68. The quantitative estimate of drug-likeness (QED) is 0.382. The van der Waals surface area contributed by atoms with Crippen molar-refractivity contribution in [3.05, 3.63) is 65.2 Å². The van der Waals surface area contributed by atoms with Crippen molar-refractivity contribution < 1.29 is 17.9 Å². The highest BCUT2D eigenvalue weighted by Gasteiger charge is 2.31. The van der Waals surface area contributed by atoms with Gasteiger partial charge in [-0.2, -0.15) is 13.2 Å². The fourth-order valence-electron chi connectivity index (χ4n) is 2.73. The number of halogens is 3. The number of methoxy groups -OCH3 is 1. The van der Waals surface area contributed by atoms with E-state index < -0.39 is 11.7 Å². The maximum atomic E-state index is 13.3. The van der Waals surface area contributed by atoms with Crippen LogP contribution in [0.1, 0.15) is 11.3 Å². The topological polar surface area (TPSA) is 65.7 Å². The minimum Gasteiger partial charge on any atom is -0.497 e. The molecule has 2 heterocycles. The molecule has 0 saturated carbocycles. The van der Waals surface area contributed by atoms with Gasteiger partial charge < -0.3 is 4.74 Å². The third kappa shape index (κ3) is 4.31. The zero-order valence-corrected chi connectivity index (χ0v) is 17.1. The summed E-state index contributed by atoms with van der Waals surface area (Å²) in [5, 5.41) is 14.7. The Hall–Kier alpha value is -2.92. The molecule has 4 rings (SSSR count). The van der Waals surface area contributed by atoms with E-state index in [1.54, 1.807) is 42.0 Å². The van der Waals surface area contributed by atoms with Crippen LogP contribution in [0.2, 0.25) is 0 Å². The lowest BCUT2D eigenvalue weighted by Crippen LogP contribution is -2.07. The monoisotopic (exact) mass is 449 g/mol. The molecular weight excluding hydrogens is 435 g/mol. The Bertz CT molecular complexity index is 1130. The van der Waals surface area contributed by atoms with Crippen molar-refractivity contribution >= 4 is 23.3 Å². The smallest absolute Gasteiger partial charge is 0.416 e. The zero-order chi connectivity index (χ0) is 21.1. The van der Waals surface area contributed by atoms with Gasteiger partial charge in [0.15, 0.2) is 11.0 Å². The molecule has 154 valence electrons. The lowest BCUT2D eigenvalue weighted by Gasteiger charge is -2.13. The Kier molecular flexibility index (Phi) is 5.73. The van der Waals surface area contributed by atoms with E-state index in [4.69, 9.17) is 4.74 Å². The van der Waals surface area contributed by atoms with Gasteiger partial charge in [-0.05, 0) is 54.0 Å². The molecule has 0 N–H and O–H groups in total. The molecule has 0 spiro atoms. The average Bonchev–Trinajstić information content (AvgIpc) is 3.41. The molecule has 0 aliphatic rings. The minimum atomic E-state index is -4.45. The first-order chi connectivity index (χ1) is 14.5. The Morgan fingerprint density at radius 3 is 2.53 bits per heavy atom. The molecule has 6 nitrogen and oxygen atoms in total. The van der Waals surface area contributed by atoms with Gasteiger partial charge in [0.2, 0.25) is 0 Å². The molecule has 0 amide bonds.